The summed E-state index contributed by atoms with van der Waals surface area (Å²) in [5.74, 6) is -3.70. The summed E-state index contributed by atoms with van der Waals surface area (Å²) < 4.78 is 17.8. The average molecular weight is 331 g/mol. The van der Waals surface area contributed by atoms with Crippen molar-refractivity contribution in [1.82, 2.24) is 0 Å². The Labute approximate surface area is 134 Å². The molecule has 0 N–H and O–H groups in total. The molecular weight excluding hydrogens is 321 g/mol. The smallest absolute Gasteiger partial charge is 0.346 e. The van der Waals surface area contributed by atoms with Crippen molar-refractivity contribution < 1.29 is 28.4 Å². The SMILES string of the molecule is CC(=O)OC(=O)c1ccccc1C(=O)c1ccc(F)c([N+](=O)[O-])c1. The number of halogens is 1. The molecule has 2 rings (SSSR count). The molecule has 122 valence electrons. The van der Waals surface area contributed by atoms with Crippen molar-refractivity contribution in [3.05, 3.63) is 75.1 Å². The summed E-state index contributed by atoms with van der Waals surface area (Å²) in [5.41, 5.74) is -1.33. The van der Waals surface area contributed by atoms with Crippen molar-refractivity contribution in [1.29, 1.82) is 0 Å². The lowest BCUT2D eigenvalue weighted by Gasteiger charge is -2.07. The number of rotatable bonds is 4. The third-order valence-electron chi connectivity index (χ3n) is 3.03. The molecule has 0 saturated carbocycles. The van der Waals surface area contributed by atoms with E-state index in [2.05, 4.69) is 4.74 Å². The van der Waals surface area contributed by atoms with Crippen LogP contribution in [-0.2, 0) is 9.53 Å². The van der Waals surface area contributed by atoms with Crippen LogP contribution < -0.4 is 0 Å². The van der Waals surface area contributed by atoms with Gasteiger partial charge >= 0.3 is 17.6 Å². The van der Waals surface area contributed by atoms with Gasteiger partial charge in [-0.05, 0) is 18.2 Å². The van der Waals surface area contributed by atoms with Gasteiger partial charge in [0.05, 0.1) is 10.5 Å². The molecule has 0 radical (unpaired) electrons. The van der Waals surface area contributed by atoms with E-state index in [0.717, 1.165) is 25.1 Å². The second kappa shape index (κ2) is 6.78. The Balaban J connectivity index is 2.48. The minimum Gasteiger partial charge on any atom is -0.390 e. The fourth-order valence-electron chi connectivity index (χ4n) is 1.99. The molecule has 2 aromatic carbocycles. The summed E-state index contributed by atoms with van der Waals surface area (Å²) in [6.45, 7) is 1.03. The van der Waals surface area contributed by atoms with Crippen LogP contribution in [0.4, 0.5) is 10.1 Å². The molecule has 0 atom stereocenters. The Kier molecular flexibility index (Phi) is 4.78. The van der Waals surface area contributed by atoms with Crippen LogP contribution in [0.5, 0.6) is 0 Å². The number of carbonyl (C=O) groups is 3. The van der Waals surface area contributed by atoms with Gasteiger partial charge in [-0.2, -0.15) is 4.39 Å². The molecule has 0 heterocycles. The summed E-state index contributed by atoms with van der Waals surface area (Å²) >= 11 is 0. The van der Waals surface area contributed by atoms with Crippen molar-refractivity contribution in [3.63, 3.8) is 0 Å². The molecule has 0 aliphatic heterocycles. The molecule has 0 unspecified atom stereocenters. The van der Waals surface area contributed by atoms with Crippen LogP contribution in [0, 0.1) is 15.9 Å². The van der Waals surface area contributed by atoms with E-state index in [-0.39, 0.29) is 16.7 Å². The molecule has 2 aromatic rings. The molecule has 0 aromatic heterocycles. The van der Waals surface area contributed by atoms with E-state index in [9.17, 15) is 28.9 Å². The van der Waals surface area contributed by atoms with E-state index in [1.54, 1.807) is 0 Å². The number of benzene rings is 2. The quantitative estimate of drug-likeness (QED) is 0.280. The van der Waals surface area contributed by atoms with Gasteiger partial charge in [-0.25, -0.2) is 4.79 Å². The third-order valence-corrected chi connectivity index (χ3v) is 3.03. The van der Waals surface area contributed by atoms with E-state index < -0.39 is 34.1 Å². The number of hydrogen-bond donors (Lipinski definition) is 0. The molecule has 0 saturated heterocycles. The average Bonchev–Trinajstić information content (AvgIpc) is 2.53. The van der Waals surface area contributed by atoms with Crippen LogP contribution >= 0.6 is 0 Å². The van der Waals surface area contributed by atoms with Gasteiger partial charge in [-0.15, -0.1) is 0 Å². The van der Waals surface area contributed by atoms with Gasteiger partial charge in [-0.3, -0.25) is 19.7 Å². The molecule has 8 heteroatoms. The lowest BCUT2D eigenvalue weighted by molar-refractivity contribution is -0.387. The van der Waals surface area contributed by atoms with Crippen molar-refractivity contribution in [3.8, 4) is 0 Å². The number of carbonyl (C=O) groups excluding carboxylic acids is 3. The van der Waals surface area contributed by atoms with Crippen molar-refractivity contribution in [2.75, 3.05) is 0 Å². The molecule has 0 aliphatic carbocycles. The molecule has 0 bridgehead atoms. The standard InChI is InChI=1S/C16H10FNO6/c1-9(19)24-16(21)12-5-3-2-4-11(12)15(20)10-6-7-13(17)14(8-10)18(22)23/h2-8H,1H3. The minimum atomic E-state index is -1.08. The van der Waals surface area contributed by atoms with Gasteiger partial charge < -0.3 is 4.74 Å². The largest absolute Gasteiger partial charge is 0.390 e. The van der Waals surface area contributed by atoms with Crippen LogP contribution in [0.3, 0.4) is 0 Å². The Morgan fingerprint density at radius 3 is 2.29 bits per heavy atom. The van der Waals surface area contributed by atoms with Crippen molar-refractivity contribution in [2.24, 2.45) is 0 Å². The summed E-state index contributed by atoms with van der Waals surface area (Å²) in [6, 6.07) is 8.14. The van der Waals surface area contributed by atoms with Crippen LogP contribution in [0.2, 0.25) is 0 Å². The van der Waals surface area contributed by atoms with Gasteiger partial charge in [0.15, 0.2) is 5.78 Å². The van der Waals surface area contributed by atoms with Crippen LogP contribution in [0.1, 0.15) is 33.2 Å². The predicted octanol–water partition coefficient (Wildman–Crippen LogP) is 2.67. The molecule has 0 spiro atoms. The van der Waals surface area contributed by atoms with E-state index in [0.29, 0.717) is 0 Å². The first kappa shape index (κ1) is 16.9. The first-order valence-corrected chi connectivity index (χ1v) is 6.61. The highest BCUT2D eigenvalue weighted by molar-refractivity contribution is 6.15. The molecule has 7 nitrogen and oxygen atoms in total. The molecule has 0 amide bonds. The highest BCUT2D eigenvalue weighted by Crippen LogP contribution is 2.22. The lowest BCUT2D eigenvalue weighted by Crippen LogP contribution is -2.15. The zero-order chi connectivity index (χ0) is 17.9. The zero-order valence-electron chi connectivity index (χ0n) is 12.3. The summed E-state index contributed by atoms with van der Waals surface area (Å²) in [7, 11) is 0. The van der Waals surface area contributed by atoms with Gasteiger partial charge in [0.25, 0.3) is 0 Å². The highest BCUT2D eigenvalue weighted by Gasteiger charge is 2.23. The van der Waals surface area contributed by atoms with Crippen molar-refractivity contribution >= 4 is 23.4 Å². The van der Waals surface area contributed by atoms with Gasteiger partial charge in [0, 0.05) is 24.1 Å². The maximum absolute atomic E-state index is 13.4. The van der Waals surface area contributed by atoms with E-state index >= 15 is 0 Å². The number of nitro groups is 1. The number of nitrogens with zero attached hydrogens (tertiary/aromatic N) is 1. The van der Waals surface area contributed by atoms with E-state index in [1.165, 1.54) is 24.3 Å². The normalized spacial score (nSPS) is 10.1. The maximum Gasteiger partial charge on any atom is 0.346 e. The number of esters is 2. The minimum absolute atomic E-state index is 0.121. The van der Waals surface area contributed by atoms with Crippen LogP contribution in [0.25, 0.3) is 0 Å². The Bertz CT molecular complexity index is 861. The number of ether oxygens (including phenoxy) is 1. The summed E-state index contributed by atoms with van der Waals surface area (Å²) in [4.78, 5) is 45.1. The number of nitro benzene ring substituents is 1. The number of hydrogen-bond acceptors (Lipinski definition) is 6. The van der Waals surface area contributed by atoms with Crippen molar-refractivity contribution in [2.45, 2.75) is 6.92 Å². The second-order valence-corrected chi connectivity index (χ2v) is 4.68. The first-order valence-electron chi connectivity index (χ1n) is 6.61. The van der Waals surface area contributed by atoms with Crippen LogP contribution in [0.15, 0.2) is 42.5 Å². The molecular formula is C16H10FNO6. The van der Waals surface area contributed by atoms with E-state index in [4.69, 9.17) is 0 Å². The zero-order valence-corrected chi connectivity index (χ0v) is 12.3. The Morgan fingerprint density at radius 2 is 1.71 bits per heavy atom. The molecule has 0 fully saturated rings. The van der Waals surface area contributed by atoms with Gasteiger partial charge in [0.2, 0.25) is 5.82 Å². The monoisotopic (exact) mass is 331 g/mol. The maximum atomic E-state index is 13.4. The lowest BCUT2D eigenvalue weighted by atomic mass is 9.98. The third kappa shape index (κ3) is 3.49. The second-order valence-electron chi connectivity index (χ2n) is 4.68. The van der Waals surface area contributed by atoms with Gasteiger partial charge in [-0.1, -0.05) is 18.2 Å². The topological polar surface area (TPSA) is 104 Å². The summed E-state index contributed by atoms with van der Waals surface area (Å²) in [6.07, 6.45) is 0. The molecule has 0 aliphatic rings. The highest BCUT2D eigenvalue weighted by atomic mass is 19.1. The number of ketones is 1. The molecule has 24 heavy (non-hydrogen) atoms. The predicted molar refractivity (Wildman–Crippen MR) is 79.0 cm³/mol. The fourth-order valence-corrected chi connectivity index (χ4v) is 1.99. The summed E-state index contributed by atoms with van der Waals surface area (Å²) in [5, 5.41) is 10.8. The van der Waals surface area contributed by atoms with Crippen LogP contribution in [-0.4, -0.2) is 22.6 Å². The van der Waals surface area contributed by atoms with E-state index in [1.807, 2.05) is 0 Å². The Morgan fingerprint density at radius 1 is 1.08 bits per heavy atom. The fraction of sp³-hybridized carbons (Fsp3) is 0.0625. The van der Waals surface area contributed by atoms with Gasteiger partial charge in [0.1, 0.15) is 0 Å². The first-order chi connectivity index (χ1) is 11.3. The Hall–Kier alpha value is -3.42.